The Kier molecular flexibility index (Phi) is 10.4. The number of carbonyl (C=O) groups excluding carboxylic acids is 1. The Morgan fingerprint density at radius 1 is 1.44 bits per heavy atom. The Hall–Kier alpha value is -0.320. The topological polar surface area (TPSA) is 41.1 Å². The number of nitrogens with one attached hydrogen (secondary N) is 2. The molecule has 0 aliphatic heterocycles. The number of rotatable bonds is 11. The zero-order valence-electron chi connectivity index (χ0n) is 12.2. The Labute approximate surface area is 116 Å². The van der Waals surface area contributed by atoms with Crippen molar-refractivity contribution in [3.63, 3.8) is 0 Å². The van der Waals surface area contributed by atoms with E-state index in [0.717, 1.165) is 25.0 Å². The zero-order chi connectivity index (χ0) is 14.0. The lowest BCUT2D eigenvalue weighted by Gasteiger charge is -2.21. The fourth-order valence-corrected chi connectivity index (χ4v) is 2.19. The normalized spacial score (nSPS) is 14.2. The van der Waals surface area contributed by atoms with Gasteiger partial charge in [-0.1, -0.05) is 25.5 Å². The lowest BCUT2D eigenvalue weighted by Crippen LogP contribution is -2.42. The van der Waals surface area contributed by atoms with Crippen molar-refractivity contribution < 1.29 is 4.79 Å². The molecule has 0 rings (SSSR count). The Morgan fingerprint density at radius 2 is 2.11 bits per heavy atom. The quantitative estimate of drug-likeness (QED) is 0.566. The van der Waals surface area contributed by atoms with Crippen LogP contribution in [0.15, 0.2) is 12.2 Å². The third-order valence-electron chi connectivity index (χ3n) is 3.11. The maximum atomic E-state index is 11.8. The standard InChI is InChI=1S/C14H28N2OS/c1-6-7-11(2)13(8-9-18-5)16-10-14(17)12(3)15-4/h12-13,15-16H,2,6-10H2,1,3-5H3/t12-,13-/m0/s1. The summed E-state index contributed by atoms with van der Waals surface area (Å²) in [5.41, 5.74) is 1.22. The molecule has 0 aliphatic carbocycles. The SMILES string of the molecule is C=C(CCC)[C@H](CCSC)NCC(=O)[C@H](C)NC. The smallest absolute Gasteiger partial charge is 0.163 e. The molecule has 0 spiro atoms. The van der Waals surface area contributed by atoms with Gasteiger partial charge in [-0.25, -0.2) is 0 Å². The number of thioether (sulfide) groups is 1. The molecule has 0 radical (unpaired) electrons. The second kappa shape index (κ2) is 10.6. The van der Waals surface area contributed by atoms with Crippen LogP contribution < -0.4 is 10.6 Å². The average Bonchev–Trinajstić information content (AvgIpc) is 2.37. The highest BCUT2D eigenvalue weighted by molar-refractivity contribution is 7.98. The minimum absolute atomic E-state index is 0.0851. The van der Waals surface area contributed by atoms with E-state index < -0.39 is 0 Å². The van der Waals surface area contributed by atoms with Gasteiger partial charge in [0.15, 0.2) is 5.78 Å². The van der Waals surface area contributed by atoms with E-state index in [4.69, 9.17) is 0 Å². The number of hydrogen-bond donors (Lipinski definition) is 2. The fraction of sp³-hybridized carbons (Fsp3) is 0.786. The van der Waals surface area contributed by atoms with Gasteiger partial charge in [0.1, 0.15) is 0 Å². The van der Waals surface area contributed by atoms with Gasteiger partial charge in [0.25, 0.3) is 0 Å². The third kappa shape index (κ3) is 7.19. The van der Waals surface area contributed by atoms with Gasteiger partial charge in [0.2, 0.25) is 0 Å². The summed E-state index contributed by atoms with van der Waals surface area (Å²) in [6.07, 6.45) is 5.29. The molecule has 0 aromatic rings. The summed E-state index contributed by atoms with van der Waals surface area (Å²) in [6.45, 7) is 8.61. The molecule has 106 valence electrons. The molecule has 4 heteroatoms. The van der Waals surface area contributed by atoms with E-state index in [1.807, 2.05) is 25.7 Å². The van der Waals surface area contributed by atoms with E-state index in [1.54, 1.807) is 0 Å². The molecule has 0 aromatic heterocycles. The monoisotopic (exact) mass is 272 g/mol. The molecular weight excluding hydrogens is 244 g/mol. The van der Waals surface area contributed by atoms with Gasteiger partial charge in [-0.2, -0.15) is 11.8 Å². The van der Waals surface area contributed by atoms with Crippen LogP contribution in [0.1, 0.15) is 33.1 Å². The van der Waals surface area contributed by atoms with Crippen LogP contribution in [0.4, 0.5) is 0 Å². The van der Waals surface area contributed by atoms with Gasteiger partial charge in [-0.05, 0) is 38.8 Å². The van der Waals surface area contributed by atoms with Crippen molar-refractivity contribution >= 4 is 17.5 Å². The molecule has 0 heterocycles. The van der Waals surface area contributed by atoms with Gasteiger partial charge in [-0.15, -0.1) is 0 Å². The van der Waals surface area contributed by atoms with Gasteiger partial charge in [0.05, 0.1) is 12.6 Å². The molecule has 2 N–H and O–H groups in total. The first kappa shape index (κ1) is 17.7. The molecule has 0 bridgehead atoms. The van der Waals surface area contributed by atoms with E-state index >= 15 is 0 Å². The van der Waals surface area contributed by atoms with E-state index in [-0.39, 0.29) is 17.9 Å². The summed E-state index contributed by atoms with van der Waals surface area (Å²) < 4.78 is 0. The van der Waals surface area contributed by atoms with Gasteiger partial charge in [-0.3, -0.25) is 4.79 Å². The molecular formula is C14H28N2OS. The van der Waals surface area contributed by atoms with E-state index in [9.17, 15) is 4.79 Å². The van der Waals surface area contributed by atoms with Crippen molar-refractivity contribution in [3.05, 3.63) is 12.2 Å². The van der Waals surface area contributed by atoms with Crippen molar-refractivity contribution in [3.8, 4) is 0 Å². The lowest BCUT2D eigenvalue weighted by molar-refractivity contribution is -0.119. The van der Waals surface area contributed by atoms with Gasteiger partial charge < -0.3 is 10.6 Å². The van der Waals surface area contributed by atoms with Crippen LogP contribution in [0, 0.1) is 0 Å². The first-order valence-corrected chi connectivity index (χ1v) is 8.06. The van der Waals surface area contributed by atoms with Gasteiger partial charge in [0, 0.05) is 6.04 Å². The highest BCUT2D eigenvalue weighted by Crippen LogP contribution is 2.13. The number of Topliss-reactive ketones (excluding diaryl/α,β-unsaturated/α-hetero) is 1. The van der Waals surface area contributed by atoms with Gasteiger partial charge >= 0.3 is 0 Å². The Morgan fingerprint density at radius 3 is 2.61 bits per heavy atom. The fourth-order valence-electron chi connectivity index (χ4n) is 1.72. The molecule has 0 aliphatic rings. The lowest BCUT2D eigenvalue weighted by atomic mass is 10.0. The van der Waals surface area contributed by atoms with Crippen molar-refractivity contribution in [2.75, 3.05) is 25.6 Å². The molecule has 0 saturated heterocycles. The molecule has 3 nitrogen and oxygen atoms in total. The predicted octanol–water partition coefficient (Wildman–Crippen LogP) is 2.23. The summed E-state index contributed by atoms with van der Waals surface area (Å²) in [5.74, 6) is 1.30. The van der Waals surface area contributed by atoms with E-state index in [1.165, 1.54) is 5.57 Å². The predicted molar refractivity (Wildman–Crippen MR) is 82.4 cm³/mol. The summed E-state index contributed by atoms with van der Waals surface area (Å²) in [6, 6.07) is 0.184. The number of carbonyl (C=O) groups is 1. The number of hydrogen-bond acceptors (Lipinski definition) is 4. The first-order chi connectivity index (χ1) is 8.56. The Bertz CT molecular complexity index is 256. The highest BCUT2D eigenvalue weighted by atomic mass is 32.2. The molecule has 2 atom stereocenters. The highest BCUT2D eigenvalue weighted by Gasteiger charge is 2.15. The summed E-state index contributed by atoms with van der Waals surface area (Å²) >= 11 is 1.83. The minimum atomic E-state index is -0.0851. The van der Waals surface area contributed by atoms with Crippen molar-refractivity contribution in [2.24, 2.45) is 0 Å². The Balaban J connectivity index is 4.23. The second-order valence-corrected chi connectivity index (χ2v) is 5.59. The average molecular weight is 272 g/mol. The minimum Gasteiger partial charge on any atom is -0.311 e. The molecule has 0 saturated carbocycles. The first-order valence-electron chi connectivity index (χ1n) is 6.66. The van der Waals surface area contributed by atoms with E-state index in [0.29, 0.717) is 6.54 Å². The largest absolute Gasteiger partial charge is 0.311 e. The van der Waals surface area contributed by atoms with Crippen molar-refractivity contribution in [2.45, 2.75) is 45.2 Å². The summed E-state index contributed by atoms with van der Waals surface area (Å²) in [4.78, 5) is 11.8. The van der Waals surface area contributed by atoms with Crippen LogP contribution >= 0.6 is 11.8 Å². The summed E-state index contributed by atoms with van der Waals surface area (Å²) in [5, 5.41) is 6.32. The van der Waals surface area contributed by atoms with Crippen LogP contribution in [0.5, 0.6) is 0 Å². The molecule has 0 aromatic carbocycles. The molecule has 0 unspecified atom stereocenters. The molecule has 0 fully saturated rings. The molecule has 18 heavy (non-hydrogen) atoms. The maximum Gasteiger partial charge on any atom is 0.163 e. The molecule has 0 amide bonds. The van der Waals surface area contributed by atoms with Crippen LogP contribution in [-0.2, 0) is 4.79 Å². The maximum absolute atomic E-state index is 11.8. The second-order valence-electron chi connectivity index (χ2n) is 4.60. The summed E-state index contributed by atoms with van der Waals surface area (Å²) in [7, 11) is 1.81. The van der Waals surface area contributed by atoms with Crippen molar-refractivity contribution in [1.82, 2.24) is 10.6 Å². The zero-order valence-corrected chi connectivity index (χ0v) is 13.0. The van der Waals surface area contributed by atoms with Crippen LogP contribution in [0.25, 0.3) is 0 Å². The number of ketones is 1. The van der Waals surface area contributed by atoms with E-state index in [2.05, 4.69) is 30.4 Å². The number of likely N-dealkylation sites (N-methyl/N-ethyl adjacent to an activating group) is 1. The van der Waals surface area contributed by atoms with Crippen LogP contribution in [0.2, 0.25) is 0 Å². The van der Waals surface area contributed by atoms with Crippen molar-refractivity contribution in [1.29, 1.82) is 0 Å². The third-order valence-corrected chi connectivity index (χ3v) is 3.76. The van der Waals surface area contributed by atoms with Crippen LogP contribution in [-0.4, -0.2) is 43.5 Å². The van der Waals surface area contributed by atoms with Crippen LogP contribution in [0.3, 0.4) is 0 Å².